The van der Waals surface area contributed by atoms with Gasteiger partial charge in [0, 0.05) is 24.2 Å². The fourth-order valence-electron chi connectivity index (χ4n) is 2.77. The van der Waals surface area contributed by atoms with E-state index in [4.69, 9.17) is 16.3 Å². The Balaban J connectivity index is 1.95. The Morgan fingerprint density at radius 3 is 2.37 bits per heavy atom. The summed E-state index contributed by atoms with van der Waals surface area (Å²) in [6.45, 7) is 1.40. The van der Waals surface area contributed by atoms with Gasteiger partial charge in [-0.05, 0) is 31.2 Å². The van der Waals surface area contributed by atoms with Gasteiger partial charge < -0.3 is 10.1 Å². The maximum atomic E-state index is 12.7. The van der Waals surface area contributed by atoms with Gasteiger partial charge in [-0.2, -0.15) is 5.10 Å². The number of nitro benzene ring substituents is 1. The number of anilines is 1. The topological polar surface area (TPSA) is 142 Å². The number of carbonyl (C=O) groups is 1. The zero-order valence-corrected chi connectivity index (χ0v) is 16.4. The van der Waals surface area contributed by atoms with Crippen LogP contribution in [0.5, 0.6) is 11.5 Å². The summed E-state index contributed by atoms with van der Waals surface area (Å²) in [5.41, 5.74) is -0.987. The van der Waals surface area contributed by atoms with Crippen molar-refractivity contribution in [3.63, 3.8) is 0 Å². The minimum atomic E-state index is -0.845. The van der Waals surface area contributed by atoms with Crippen molar-refractivity contribution in [2.45, 2.75) is 6.92 Å². The lowest BCUT2D eigenvalue weighted by Crippen LogP contribution is -2.17. The number of nitrogens with one attached hydrogen (secondary N) is 1. The maximum Gasteiger partial charge on any atom is 0.322 e. The monoisotopic (exact) mass is 431 g/mol. The molecule has 0 radical (unpaired) electrons. The second-order valence-corrected chi connectivity index (χ2v) is 6.58. The van der Waals surface area contributed by atoms with Crippen LogP contribution in [0.1, 0.15) is 16.2 Å². The van der Waals surface area contributed by atoms with E-state index >= 15 is 0 Å². The highest BCUT2D eigenvalue weighted by atomic mass is 35.5. The number of ether oxygens (including phenoxy) is 1. The highest BCUT2D eigenvalue weighted by Crippen LogP contribution is 2.31. The maximum absolute atomic E-state index is 12.7. The Bertz CT molecular complexity index is 1160. The van der Waals surface area contributed by atoms with Crippen molar-refractivity contribution in [2.24, 2.45) is 7.05 Å². The largest absolute Gasteiger partial charge is 0.457 e. The van der Waals surface area contributed by atoms with E-state index in [1.807, 2.05) is 0 Å². The normalized spacial score (nSPS) is 10.5. The first-order valence-electron chi connectivity index (χ1n) is 8.38. The molecule has 0 aliphatic carbocycles. The number of benzene rings is 2. The Labute approximate surface area is 174 Å². The number of carbonyl (C=O) groups excluding carboxylic acids is 1. The Morgan fingerprint density at radius 2 is 1.77 bits per heavy atom. The highest BCUT2D eigenvalue weighted by Gasteiger charge is 2.29. The number of non-ortho nitro benzene ring substituents is 1. The molecule has 3 rings (SSSR count). The molecule has 0 bridgehead atoms. The van der Waals surface area contributed by atoms with E-state index in [-0.39, 0.29) is 28.5 Å². The number of aromatic nitrogens is 2. The Hall–Kier alpha value is -3.99. The van der Waals surface area contributed by atoms with E-state index in [9.17, 15) is 25.0 Å². The molecule has 1 N–H and O–H groups in total. The van der Waals surface area contributed by atoms with Gasteiger partial charge in [-0.15, -0.1) is 0 Å². The third kappa shape index (κ3) is 4.36. The summed E-state index contributed by atoms with van der Waals surface area (Å²) in [5.74, 6) is -0.393. The number of amides is 1. The number of rotatable bonds is 6. The predicted octanol–water partition coefficient (Wildman–Crippen LogP) is 4.24. The first-order chi connectivity index (χ1) is 14.2. The second kappa shape index (κ2) is 8.17. The van der Waals surface area contributed by atoms with E-state index in [2.05, 4.69) is 10.4 Å². The van der Waals surface area contributed by atoms with Crippen molar-refractivity contribution in [2.75, 3.05) is 5.32 Å². The molecule has 0 unspecified atom stereocenters. The average Bonchev–Trinajstić information content (AvgIpc) is 2.97. The Morgan fingerprint density at radius 1 is 1.10 bits per heavy atom. The summed E-state index contributed by atoms with van der Waals surface area (Å²) in [4.78, 5) is 33.9. The first kappa shape index (κ1) is 20.7. The van der Waals surface area contributed by atoms with Crippen molar-refractivity contribution in [1.82, 2.24) is 9.78 Å². The van der Waals surface area contributed by atoms with E-state index in [0.29, 0.717) is 10.8 Å². The van der Waals surface area contributed by atoms with Gasteiger partial charge in [0.25, 0.3) is 11.6 Å². The number of hydrogen-bond acceptors (Lipinski definition) is 7. The van der Waals surface area contributed by atoms with Crippen molar-refractivity contribution >= 4 is 34.6 Å². The third-order valence-corrected chi connectivity index (χ3v) is 4.25. The molecule has 2 aromatic carbocycles. The SMILES string of the molecule is Cc1nn(C)c(C(=O)Nc2cc(Oc3ccc(Cl)cc3)cc([N+](=O)[O-])c2)c1[N+](=O)[O-]. The molecule has 30 heavy (non-hydrogen) atoms. The lowest BCUT2D eigenvalue weighted by Gasteiger charge is -2.09. The lowest BCUT2D eigenvalue weighted by molar-refractivity contribution is -0.385. The minimum absolute atomic E-state index is 0.0197. The van der Waals surface area contributed by atoms with Gasteiger partial charge in [-0.1, -0.05) is 11.6 Å². The molecule has 0 atom stereocenters. The summed E-state index contributed by atoms with van der Waals surface area (Å²) in [6, 6.07) is 9.96. The molecule has 1 aromatic heterocycles. The number of hydrogen-bond donors (Lipinski definition) is 1. The van der Waals surface area contributed by atoms with Crippen molar-refractivity contribution < 1.29 is 19.4 Å². The summed E-state index contributed by atoms with van der Waals surface area (Å²) in [7, 11) is 1.39. The van der Waals surface area contributed by atoms with E-state index in [1.54, 1.807) is 24.3 Å². The van der Waals surface area contributed by atoms with Crippen LogP contribution in [0, 0.1) is 27.2 Å². The fourth-order valence-corrected chi connectivity index (χ4v) is 2.89. The third-order valence-electron chi connectivity index (χ3n) is 4.00. The van der Waals surface area contributed by atoms with E-state index < -0.39 is 21.4 Å². The van der Waals surface area contributed by atoms with Crippen LogP contribution in [0.4, 0.5) is 17.1 Å². The molecule has 1 heterocycles. The van der Waals surface area contributed by atoms with Crippen LogP contribution in [-0.4, -0.2) is 25.5 Å². The molecule has 0 saturated heterocycles. The molecule has 0 spiro atoms. The molecule has 1 amide bonds. The Kier molecular flexibility index (Phi) is 5.65. The summed E-state index contributed by atoms with van der Waals surface area (Å²) >= 11 is 5.82. The van der Waals surface area contributed by atoms with Gasteiger partial charge in [-0.3, -0.25) is 29.7 Å². The number of nitro groups is 2. The smallest absolute Gasteiger partial charge is 0.322 e. The molecular weight excluding hydrogens is 418 g/mol. The molecule has 11 nitrogen and oxygen atoms in total. The molecule has 0 aliphatic heterocycles. The van der Waals surface area contributed by atoms with Crippen LogP contribution in [-0.2, 0) is 7.05 Å². The van der Waals surface area contributed by atoms with Crippen molar-refractivity contribution in [3.8, 4) is 11.5 Å². The van der Waals surface area contributed by atoms with Gasteiger partial charge in [-0.25, -0.2) is 0 Å². The standard InChI is InChI=1S/C18H14ClN5O6/c1-10-16(24(28)29)17(22(2)21-10)18(25)20-12-7-13(23(26)27)9-15(8-12)30-14-5-3-11(19)4-6-14/h3-9H,1-2H3,(H,20,25). The van der Waals surface area contributed by atoms with Gasteiger partial charge in [0.2, 0.25) is 5.69 Å². The van der Waals surface area contributed by atoms with Crippen molar-refractivity contribution in [1.29, 1.82) is 0 Å². The number of nitrogens with zero attached hydrogens (tertiary/aromatic N) is 4. The average molecular weight is 432 g/mol. The van der Waals surface area contributed by atoms with Crippen LogP contribution < -0.4 is 10.1 Å². The van der Waals surface area contributed by atoms with Crippen LogP contribution in [0.25, 0.3) is 0 Å². The predicted molar refractivity (Wildman–Crippen MR) is 107 cm³/mol. The van der Waals surface area contributed by atoms with Gasteiger partial charge in [0.05, 0.1) is 21.6 Å². The van der Waals surface area contributed by atoms with Crippen LogP contribution in [0.15, 0.2) is 42.5 Å². The van der Waals surface area contributed by atoms with E-state index in [0.717, 1.165) is 10.7 Å². The molecular formula is C18H14ClN5O6. The van der Waals surface area contributed by atoms with Crippen LogP contribution in [0.3, 0.4) is 0 Å². The minimum Gasteiger partial charge on any atom is -0.457 e. The molecule has 3 aromatic rings. The fraction of sp³-hybridized carbons (Fsp3) is 0.111. The quantitative estimate of drug-likeness (QED) is 0.454. The molecule has 12 heteroatoms. The molecule has 0 saturated carbocycles. The molecule has 0 fully saturated rings. The summed E-state index contributed by atoms with van der Waals surface area (Å²) in [6.07, 6.45) is 0. The highest BCUT2D eigenvalue weighted by molar-refractivity contribution is 6.30. The lowest BCUT2D eigenvalue weighted by atomic mass is 10.2. The van der Waals surface area contributed by atoms with Gasteiger partial charge >= 0.3 is 5.69 Å². The van der Waals surface area contributed by atoms with Crippen LogP contribution >= 0.6 is 11.6 Å². The van der Waals surface area contributed by atoms with Gasteiger partial charge in [0.1, 0.15) is 17.2 Å². The molecule has 0 aliphatic rings. The zero-order valence-electron chi connectivity index (χ0n) is 15.7. The summed E-state index contributed by atoms with van der Waals surface area (Å²) < 4.78 is 6.68. The van der Waals surface area contributed by atoms with Gasteiger partial charge in [0.15, 0.2) is 0 Å². The number of halogens is 1. The summed E-state index contributed by atoms with van der Waals surface area (Å²) in [5, 5.41) is 29.4. The van der Waals surface area contributed by atoms with E-state index in [1.165, 1.54) is 26.1 Å². The number of aryl methyl sites for hydroxylation is 2. The first-order valence-corrected chi connectivity index (χ1v) is 8.75. The second-order valence-electron chi connectivity index (χ2n) is 6.15. The van der Waals surface area contributed by atoms with Crippen molar-refractivity contribution in [3.05, 3.63) is 79.1 Å². The zero-order chi connectivity index (χ0) is 22.0. The van der Waals surface area contributed by atoms with Crippen LogP contribution in [0.2, 0.25) is 5.02 Å². The molecule has 154 valence electrons.